The molecule has 0 radical (unpaired) electrons. The van der Waals surface area contributed by atoms with Gasteiger partial charge in [0, 0.05) is 6.04 Å². The van der Waals surface area contributed by atoms with E-state index in [9.17, 15) is 9.59 Å². The number of ether oxygens (including phenoxy) is 1. The lowest BCUT2D eigenvalue weighted by Gasteiger charge is -2.17. The number of carbonyl (C=O) groups is 2. The number of aliphatic carboxylic acids is 1. The number of hydrogen-bond donors (Lipinski definition) is 2. The topological polar surface area (TPSA) is 106 Å². The van der Waals surface area contributed by atoms with E-state index in [1.807, 2.05) is 0 Å². The Morgan fingerprint density at radius 3 is 2.42 bits per heavy atom. The summed E-state index contributed by atoms with van der Waals surface area (Å²) in [6.45, 7) is 4.90. The maximum absolute atomic E-state index is 12.3. The fourth-order valence-corrected chi connectivity index (χ4v) is 2.12. The molecule has 0 saturated heterocycles. The number of methoxy groups -OCH3 is 1. The van der Waals surface area contributed by atoms with E-state index in [1.54, 1.807) is 49.9 Å². The highest BCUT2D eigenvalue weighted by Crippen LogP contribution is 2.17. The fraction of sp³-hybridized carbons (Fsp3) is 0.375. The molecule has 2 N–H and O–H groups in total. The predicted molar refractivity (Wildman–Crippen MR) is 86.4 cm³/mol. The van der Waals surface area contributed by atoms with Crippen LogP contribution >= 0.6 is 0 Å². The van der Waals surface area contributed by atoms with Gasteiger partial charge in [-0.1, -0.05) is 5.21 Å². The average molecular weight is 332 g/mol. The highest BCUT2D eigenvalue weighted by Gasteiger charge is 2.24. The number of nitrogens with one attached hydrogen (secondary N) is 1. The van der Waals surface area contributed by atoms with Crippen LogP contribution in [0.1, 0.15) is 30.0 Å². The number of benzene rings is 1. The zero-order chi connectivity index (χ0) is 17.9. The van der Waals surface area contributed by atoms with Gasteiger partial charge in [0.05, 0.1) is 24.4 Å². The molecular weight excluding hydrogens is 312 g/mol. The number of hydrogen-bond acceptors (Lipinski definition) is 5. The van der Waals surface area contributed by atoms with Crippen molar-refractivity contribution in [3.8, 4) is 11.4 Å². The largest absolute Gasteiger partial charge is 0.497 e. The summed E-state index contributed by atoms with van der Waals surface area (Å²) in [6.07, 6.45) is 0. The highest BCUT2D eigenvalue weighted by molar-refractivity contribution is 5.93. The van der Waals surface area contributed by atoms with Gasteiger partial charge in [0.15, 0.2) is 5.69 Å². The molecule has 2 rings (SSSR count). The molecule has 2 atom stereocenters. The Balaban J connectivity index is 2.19. The molecule has 2 aromatic rings. The zero-order valence-electron chi connectivity index (χ0n) is 14.0. The van der Waals surface area contributed by atoms with Gasteiger partial charge in [-0.25, -0.2) is 4.68 Å². The second-order valence-corrected chi connectivity index (χ2v) is 5.52. The molecule has 1 aromatic carbocycles. The maximum Gasteiger partial charge on any atom is 0.308 e. The van der Waals surface area contributed by atoms with Gasteiger partial charge in [0.1, 0.15) is 5.75 Å². The minimum absolute atomic E-state index is 0.162. The van der Waals surface area contributed by atoms with Crippen LogP contribution in [-0.4, -0.2) is 45.1 Å². The average Bonchev–Trinajstić information content (AvgIpc) is 2.95. The van der Waals surface area contributed by atoms with Crippen LogP contribution in [0.3, 0.4) is 0 Å². The van der Waals surface area contributed by atoms with Crippen molar-refractivity contribution in [1.29, 1.82) is 0 Å². The molecule has 8 nitrogen and oxygen atoms in total. The Morgan fingerprint density at radius 2 is 1.88 bits per heavy atom. The third-order valence-electron chi connectivity index (χ3n) is 3.92. The van der Waals surface area contributed by atoms with Crippen molar-refractivity contribution in [2.45, 2.75) is 26.8 Å². The summed E-state index contributed by atoms with van der Waals surface area (Å²) in [6, 6.07) is 6.65. The number of nitrogens with zero attached hydrogens (tertiary/aromatic N) is 3. The summed E-state index contributed by atoms with van der Waals surface area (Å²) >= 11 is 0. The lowest BCUT2D eigenvalue weighted by Crippen LogP contribution is -2.40. The minimum atomic E-state index is -0.971. The molecule has 0 aliphatic carbocycles. The number of rotatable bonds is 6. The Morgan fingerprint density at radius 1 is 1.25 bits per heavy atom. The lowest BCUT2D eigenvalue weighted by molar-refractivity contribution is -0.141. The Kier molecular flexibility index (Phi) is 5.18. The lowest BCUT2D eigenvalue weighted by atomic mass is 10.0. The van der Waals surface area contributed by atoms with E-state index in [0.29, 0.717) is 11.4 Å². The second kappa shape index (κ2) is 7.12. The number of aromatic nitrogens is 3. The summed E-state index contributed by atoms with van der Waals surface area (Å²) in [5.74, 6) is -1.41. The Labute approximate surface area is 139 Å². The van der Waals surface area contributed by atoms with Crippen molar-refractivity contribution >= 4 is 11.9 Å². The van der Waals surface area contributed by atoms with Crippen LogP contribution < -0.4 is 10.1 Å². The van der Waals surface area contributed by atoms with Crippen LogP contribution in [0.25, 0.3) is 5.69 Å². The van der Waals surface area contributed by atoms with Crippen molar-refractivity contribution in [2.24, 2.45) is 5.92 Å². The molecule has 1 aromatic heterocycles. The van der Waals surface area contributed by atoms with E-state index in [0.717, 1.165) is 5.69 Å². The first kappa shape index (κ1) is 17.5. The van der Waals surface area contributed by atoms with Crippen LogP contribution in [-0.2, 0) is 4.79 Å². The van der Waals surface area contributed by atoms with Crippen molar-refractivity contribution in [2.75, 3.05) is 7.11 Å². The second-order valence-electron chi connectivity index (χ2n) is 5.52. The molecule has 24 heavy (non-hydrogen) atoms. The molecule has 0 bridgehead atoms. The molecule has 0 fully saturated rings. The van der Waals surface area contributed by atoms with Crippen LogP contribution in [0, 0.1) is 12.8 Å². The van der Waals surface area contributed by atoms with Gasteiger partial charge in [0.25, 0.3) is 5.91 Å². The standard InChI is InChI=1S/C16H20N4O4/c1-9(16(22)23)10(2)17-15(21)14-11(3)20(19-18-14)12-5-7-13(24-4)8-6-12/h5-10H,1-4H3,(H,17,21)(H,22,23). The first-order chi connectivity index (χ1) is 11.3. The number of carboxylic acids is 1. The summed E-state index contributed by atoms with van der Waals surface area (Å²) in [7, 11) is 1.58. The van der Waals surface area contributed by atoms with Crippen molar-refractivity contribution in [1.82, 2.24) is 20.3 Å². The van der Waals surface area contributed by atoms with Crippen LogP contribution in [0.4, 0.5) is 0 Å². The van der Waals surface area contributed by atoms with Crippen molar-refractivity contribution < 1.29 is 19.4 Å². The molecule has 0 aliphatic heterocycles. The summed E-state index contributed by atoms with van der Waals surface area (Å²) in [5.41, 5.74) is 1.47. The van der Waals surface area contributed by atoms with E-state index in [2.05, 4.69) is 15.6 Å². The van der Waals surface area contributed by atoms with Gasteiger partial charge < -0.3 is 15.2 Å². The summed E-state index contributed by atoms with van der Waals surface area (Å²) in [5, 5.41) is 19.6. The third-order valence-corrected chi connectivity index (χ3v) is 3.92. The van der Waals surface area contributed by atoms with Gasteiger partial charge in [-0.15, -0.1) is 5.10 Å². The van der Waals surface area contributed by atoms with Gasteiger partial charge in [-0.2, -0.15) is 0 Å². The third kappa shape index (κ3) is 3.53. The number of carbonyl (C=O) groups excluding carboxylic acids is 1. The van der Waals surface area contributed by atoms with E-state index in [1.165, 1.54) is 6.92 Å². The van der Waals surface area contributed by atoms with Crippen molar-refractivity contribution in [3.63, 3.8) is 0 Å². The molecular formula is C16H20N4O4. The van der Waals surface area contributed by atoms with E-state index >= 15 is 0 Å². The summed E-state index contributed by atoms with van der Waals surface area (Å²) < 4.78 is 6.65. The van der Waals surface area contributed by atoms with Crippen LogP contribution in [0.15, 0.2) is 24.3 Å². The first-order valence-electron chi connectivity index (χ1n) is 7.45. The fourth-order valence-electron chi connectivity index (χ4n) is 2.12. The van der Waals surface area contributed by atoms with Crippen LogP contribution in [0.5, 0.6) is 5.75 Å². The van der Waals surface area contributed by atoms with Gasteiger partial charge in [-0.05, 0) is 45.0 Å². The first-order valence-corrected chi connectivity index (χ1v) is 7.45. The van der Waals surface area contributed by atoms with Gasteiger partial charge in [-0.3, -0.25) is 9.59 Å². The quantitative estimate of drug-likeness (QED) is 0.828. The Hall–Kier alpha value is -2.90. The maximum atomic E-state index is 12.3. The number of carboxylic acid groups (broad SMARTS) is 1. The van der Waals surface area contributed by atoms with E-state index < -0.39 is 23.8 Å². The van der Waals surface area contributed by atoms with Gasteiger partial charge in [0.2, 0.25) is 0 Å². The van der Waals surface area contributed by atoms with Crippen LogP contribution in [0.2, 0.25) is 0 Å². The number of amides is 1. The Bertz CT molecular complexity index is 739. The molecule has 2 unspecified atom stereocenters. The highest BCUT2D eigenvalue weighted by atomic mass is 16.5. The molecule has 0 spiro atoms. The molecule has 8 heteroatoms. The predicted octanol–water partition coefficient (Wildman–Crippen LogP) is 1.42. The molecule has 1 amide bonds. The van der Waals surface area contributed by atoms with E-state index in [4.69, 9.17) is 9.84 Å². The molecule has 0 saturated carbocycles. The normalized spacial score (nSPS) is 13.2. The zero-order valence-corrected chi connectivity index (χ0v) is 14.0. The van der Waals surface area contributed by atoms with E-state index in [-0.39, 0.29) is 5.69 Å². The SMILES string of the molecule is COc1ccc(-n2nnc(C(=O)NC(C)C(C)C(=O)O)c2C)cc1. The molecule has 1 heterocycles. The van der Waals surface area contributed by atoms with Crippen molar-refractivity contribution in [3.05, 3.63) is 35.7 Å². The van der Waals surface area contributed by atoms with Gasteiger partial charge >= 0.3 is 5.97 Å². The molecule has 128 valence electrons. The smallest absolute Gasteiger partial charge is 0.308 e. The monoisotopic (exact) mass is 332 g/mol. The molecule has 0 aliphatic rings. The minimum Gasteiger partial charge on any atom is -0.497 e. The summed E-state index contributed by atoms with van der Waals surface area (Å²) in [4.78, 5) is 23.3.